The third-order valence-electron chi connectivity index (χ3n) is 4.83. The van der Waals surface area contributed by atoms with E-state index in [1.165, 1.54) is 0 Å². The van der Waals surface area contributed by atoms with Crippen molar-refractivity contribution in [2.45, 2.75) is 25.0 Å². The number of aliphatic hydroxyl groups excluding tert-OH is 1. The van der Waals surface area contributed by atoms with Crippen molar-refractivity contribution in [3.8, 4) is 0 Å². The largest absolute Gasteiger partial charge is 0.393 e. The molecule has 26 heavy (non-hydrogen) atoms. The number of amides is 1. The minimum absolute atomic E-state index is 0.109. The van der Waals surface area contributed by atoms with Crippen molar-refractivity contribution in [2.24, 2.45) is 5.92 Å². The maximum absolute atomic E-state index is 12.9. The molecule has 1 amide bonds. The van der Waals surface area contributed by atoms with Crippen LogP contribution < -0.4 is 10.9 Å². The maximum atomic E-state index is 12.9. The van der Waals surface area contributed by atoms with Crippen molar-refractivity contribution in [3.63, 3.8) is 0 Å². The minimum atomic E-state index is -0.380. The van der Waals surface area contributed by atoms with Gasteiger partial charge in [-0.25, -0.2) is 5.10 Å². The third-order valence-corrected chi connectivity index (χ3v) is 4.83. The molecule has 3 aromatic rings. The van der Waals surface area contributed by atoms with Crippen LogP contribution in [0.5, 0.6) is 0 Å². The number of nitrogens with one attached hydrogen (secondary N) is 2. The Hall–Kier alpha value is -3.06. The summed E-state index contributed by atoms with van der Waals surface area (Å²) in [6, 6.07) is 12.1. The van der Waals surface area contributed by atoms with Crippen LogP contribution in [0.1, 0.15) is 35.1 Å². The summed E-state index contributed by atoms with van der Waals surface area (Å²) in [7, 11) is 0. The quantitative estimate of drug-likeness (QED) is 0.662. The molecule has 2 heterocycles. The molecule has 0 spiro atoms. The number of aromatic nitrogens is 3. The molecule has 3 N–H and O–H groups in total. The van der Waals surface area contributed by atoms with E-state index >= 15 is 0 Å². The average Bonchev–Trinajstić information content (AvgIpc) is 2.65. The molecule has 0 aliphatic heterocycles. The van der Waals surface area contributed by atoms with Gasteiger partial charge in [0, 0.05) is 11.6 Å². The van der Waals surface area contributed by atoms with Crippen molar-refractivity contribution >= 4 is 16.7 Å². The maximum Gasteiger partial charge on any atom is 0.272 e. The number of H-pyrrole nitrogens is 1. The molecule has 132 valence electrons. The van der Waals surface area contributed by atoms with Gasteiger partial charge in [0.05, 0.1) is 23.2 Å². The van der Waals surface area contributed by atoms with E-state index in [4.69, 9.17) is 0 Å². The molecular formula is C19H18N4O3. The first-order valence-electron chi connectivity index (χ1n) is 8.51. The lowest BCUT2D eigenvalue weighted by Gasteiger charge is -2.37. The molecule has 1 saturated carbocycles. The lowest BCUT2D eigenvalue weighted by molar-refractivity contribution is 0.0228. The Balaban J connectivity index is 1.67. The van der Waals surface area contributed by atoms with Crippen LogP contribution in [0.4, 0.5) is 0 Å². The predicted octanol–water partition coefficient (Wildman–Crippen LogP) is 1.56. The first kappa shape index (κ1) is 16.4. The molecule has 7 nitrogen and oxygen atoms in total. The van der Waals surface area contributed by atoms with Gasteiger partial charge in [-0.1, -0.05) is 24.3 Å². The SMILES string of the molecule is O=C(NC(c1ccccn1)C1CC(O)C1)c1n[nH]c(=O)c2ccccc12. The molecule has 0 radical (unpaired) electrons. The van der Waals surface area contributed by atoms with Gasteiger partial charge in [0.1, 0.15) is 0 Å². The summed E-state index contributed by atoms with van der Waals surface area (Å²) >= 11 is 0. The Morgan fingerprint density at radius 3 is 2.58 bits per heavy atom. The van der Waals surface area contributed by atoms with Gasteiger partial charge in [0.2, 0.25) is 0 Å². The number of benzene rings is 1. The van der Waals surface area contributed by atoms with E-state index in [2.05, 4.69) is 20.5 Å². The van der Waals surface area contributed by atoms with Crippen LogP contribution in [0.25, 0.3) is 10.8 Å². The van der Waals surface area contributed by atoms with Crippen molar-refractivity contribution < 1.29 is 9.90 Å². The minimum Gasteiger partial charge on any atom is -0.393 e. The number of fused-ring (bicyclic) bond motifs is 1. The number of hydrogen-bond acceptors (Lipinski definition) is 5. The van der Waals surface area contributed by atoms with Crippen LogP contribution in [0.3, 0.4) is 0 Å². The molecule has 1 aliphatic rings. The fourth-order valence-electron chi connectivity index (χ4n) is 3.39. The molecule has 4 rings (SSSR count). The summed E-state index contributed by atoms with van der Waals surface area (Å²) in [6.45, 7) is 0. The van der Waals surface area contributed by atoms with Crippen LogP contribution in [-0.4, -0.2) is 32.3 Å². The molecule has 1 aromatic carbocycles. The predicted molar refractivity (Wildman–Crippen MR) is 95.5 cm³/mol. The van der Waals surface area contributed by atoms with Crippen molar-refractivity contribution in [2.75, 3.05) is 0 Å². The summed E-state index contributed by atoms with van der Waals surface area (Å²) in [5.74, 6) is -0.271. The average molecular weight is 350 g/mol. The lowest BCUT2D eigenvalue weighted by Crippen LogP contribution is -2.42. The Bertz CT molecular complexity index is 996. The Morgan fingerprint density at radius 1 is 1.15 bits per heavy atom. The number of carbonyl (C=O) groups is 1. The zero-order valence-electron chi connectivity index (χ0n) is 13.9. The van der Waals surface area contributed by atoms with Gasteiger partial charge in [0.15, 0.2) is 5.69 Å². The molecule has 1 aliphatic carbocycles. The molecular weight excluding hydrogens is 332 g/mol. The standard InChI is InChI=1S/C19H18N4O3/c24-12-9-11(10-12)16(15-7-3-4-8-20-15)21-19(26)17-13-5-1-2-6-14(13)18(25)23-22-17/h1-8,11-12,16,24H,9-10H2,(H,21,26)(H,23,25). The van der Waals surface area contributed by atoms with Gasteiger partial charge in [-0.2, -0.15) is 5.10 Å². The van der Waals surface area contributed by atoms with Crippen LogP contribution in [0.15, 0.2) is 53.5 Å². The van der Waals surface area contributed by atoms with E-state index in [0.29, 0.717) is 23.6 Å². The molecule has 7 heteroatoms. The number of aromatic amines is 1. The second-order valence-electron chi connectivity index (χ2n) is 6.54. The van der Waals surface area contributed by atoms with Crippen molar-refractivity contribution in [1.29, 1.82) is 0 Å². The highest BCUT2D eigenvalue weighted by Crippen LogP contribution is 2.37. The highest BCUT2D eigenvalue weighted by Gasteiger charge is 2.36. The van der Waals surface area contributed by atoms with Gasteiger partial charge in [-0.3, -0.25) is 14.6 Å². The van der Waals surface area contributed by atoms with Gasteiger partial charge in [-0.05, 0) is 37.0 Å². The monoisotopic (exact) mass is 350 g/mol. The number of carbonyl (C=O) groups excluding carboxylic acids is 1. The van der Waals surface area contributed by atoms with Crippen LogP contribution >= 0.6 is 0 Å². The zero-order chi connectivity index (χ0) is 18.1. The van der Waals surface area contributed by atoms with Crippen LogP contribution in [-0.2, 0) is 0 Å². The van der Waals surface area contributed by atoms with Crippen LogP contribution in [0, 0.1) is 5.92 Å². The molecule has 2 aromatic heterocycles. The molecule has 1 atom stereocenters. The second kappa shape index (κ2) is 6.68. The Morgan fingerprint density at radius 2 is 1.88 bits per heavy atom. The zero-order valence-corrected chi connectivity index (χ0v) is 13.9. The highest BCUT2D eigenvalue weighted by molar-refractivity contribution is 6.04. The number of nitrogens with zero attached hydrogens (tertiary/aromatic N) is 2. The van der Waals surface area contributed by atoms with Crippen molar-refractivity contribution in [1.82, 2.24) is 20.5 Å². The summed E-state index contributed by atoms with van der Waals surface area (Å²) in [6.07, 6.45) is 2.56. The molecule has 1 fully saturated rings. The fourth-order valence-corrected chi connectivity index (χ4v) is 3.39. The number of pyridine rings is 1. The topological polar surface area (TPSA) is 108 Å². The number of hydrogen-bond donors (Lipinski definition) is 3. The first-order valence-corrected chi connectivity index (χ1v) is 8.51. The van der Waals surface area contributed by atoms with Gasteiger partial charge < -0.3 is 10.4 Å². The summed E-state index contributed by atoms with van der Waals surface area (Å²) in [4.78, 5) is 29.2. The second-order valence-corrected chi connectivity index (χ2v) is 6.54. The Kier molecular flexibility index (Phi) is 4.22. The van der Waals surface area contributed by atoms with Gasteiger partial charge in [0.25, 0.3) is 11.5 Å². The van der Waals surface area contributed by atoms with E-state index in [-0.39, 0.29) is 35.2 Å². The normalized spacial score (nSPS) is 20.3. The lowest BCUT2D eigenvalue weighted by atomic mass is 9.76. The summed E-state index contributed by atoms with van der Waals surface area (Å²) in [5.41, 5.74) is 0.577. The van der Waals surface area contributed by atoms with E-state index < -0.39 is 0 Å². The summed E-state index contributed by atoms with van der Waals surface area (Å²) in [5, 5.41) is 19.9. The third kappa shape index (κ3) is 2.97. The van der Waals surface area contributed by atoms with Gasteiger partial charge in [-0.15, -0.1) is 0 Å². The summed E-state index contributed by atoms with van der Waals surface area (Å²) < 4.78 is 0. The van der Waals surface area contributed by atoms with E-state index in [1.54, 1.807) is 30.5 Å². The Labute approximate surface area is 149 Å². The molecule has 1 unspecified atom stereocenters. The first-order chi connectivity index (χ1) is 12.6. The van der Waals surface area contributed by atoms with Crippen molar-refractivity contribution in [3.05, 3.63) is 70.4 Å². The van der Waals surface area contributed by atoms with E-state index in [1.807, 2.05) is 18.2 Å². The molecule has 0 saturated heterocycles. The van der Waals surface area contributed by atoms with Crippen LogP contribution in [0.2, 0.25) is 0 Å². The molecule has 0 bridgehead atoms. The van der Waals surface area contributed by atoms with E-state index in [9.17, 15) is 14.7 Å². The van der Waals surface area contributed by atoms with E-state index in [0.717, 1.165) is 5.69 Å². The highest BCUT2D eigenvalue weighted by atomic mass is 16.3. The van der Waals surface area contributed by atoms with Gasteiger partial charge >= 0.3 is 0 Å². The smallest absolute Gasteiger partial charge is 0.272 e. The fraction of sp³-hybridized carbons (Fsp3) is 0.263. The number of rotatable bonds is 4. The number of aliphatic hydroxyl groups is 1.